The van der Waals surface area contributed by atoms with Gasteiger partial charge in [-0.05, 0) is 36.2 Å². The normalized spacial score (nSPS) is 11.0. The second-order valence-corrected chi connectivity index (χ2v) is 7.64. The number of fused-ring (bicyclic) bond motifs is 3. The van der Waals surface area contributed by atoms with E-state index in [-0.39, 0.29) is 5.91 Å². The summed E-state index contributed by atoms with van der Waals surface area (Å²) in [6, 6.07) is 27.8. The number of nitrogens with zero attached hydrogens (tertiary/aromatic N) is 1. The van der Waals surface area contributed by atoms with Crippen LogP contribution in [-0.2, 0) is 6.42 Å². The molecule has 0 radical (unpaired) electrons. The number of ether oxygens (including phenoxy) is 1. The van der Waals surface area contributed by atoms with Crippen molar-refractivity contribution in [3.63, 3.8) is 0 Å². The fraction of sp³-hybridized carbons (Fsp3) is 0.111. The smallest absolute Gasteiger partial charge is 0.269 e. The second-order valence-electron chi connectivity index (χ2n) is 7.64. The zero-order valence-corrected chi connectivity index (χ0v) is 17.8. The van der Waals surface area contributed by atoms with E-state index in [9.17, 15) is 4.79 Å². The maximum absolute atomic E-state index is 13.1. The number of carbonyl (C=O) groups is 1. The summed E-state index contributed by atoms with van der Waals surface area (Å²) in [5.41, 5.74) is 4.99. The van der Waals surface area contributed by atoms with Gasteiger partial charge in [-0.2, -0.15) is 0 Å². The Bertz CT molecular complexity index is 1410. The van der Waals surface area contributed by atoms with Gasteiger partial charge in [-0.15, -0.1) is 0 Å². The Morgan fingerprint density at radius 3 is 2.53 bits per heavy atom. The fourth-order valence-electron chi connectivity index (χ4n) is 4.05. The number of aromatic amines is 1. The van der Waals surface area contributed by atoms with Gasteiger partial charge in [0.15, 0.2) is 0 Å². The standard InChI is InChI=1S/C27H23N3O2/c1-32-24-14-8-6-12-20(24)25-26-21(19-11-5-7-13-22(19)29-26)17-23(30-25)27(31)28-16-15-18-9-3-2-4-10-18/h2-14,17,29H,15-16H2,1H3,(H,28,31). The van der Waals surface area contributed by atoms with Crippen molar-refractivity contribution in [2.24, 2.45) is 0 Å². The quantitative estimate of drug-likeness (QED) is 0.388. The molecule has 2 N–H and O–H groups in total. The number of para-hydroxylation sites is 2. The molecule has 0 aliphatic heterocycles. The molecular formula is C27H23N3O2. The predicted molar refractivity (Wildman–Crippen MR) is 128 cm³/mol. The van der Waals surface area contributed by atoms with Crippen LogP contribution in [0.4, 0.5) is 0 Å². The highest BCUT2D eigenvalue weighted by Crippen LogP contribution is 2.36. The third-order valence-electron chi connectivity index (χ3n) is 5.63. The monoisotopic (exact) mass is 421 g/mol. The van der Waals surface area contributed by atoms with Crippen LogP contribution >= 0.6 is 0 Å². The fourth-order valence-corrected chi connectivity index (χ4v) is 4.05. The Labute approximate surface area is 186 Å². The highest BCUT2D eigenvalue weighted by molar-refractivity contribution is 6.13. The number of amides is 1. The predicted octanol–water partition coefficient (Wildman–Crippen LogP) is 5.36. The first-order valence-electron chi connectivity index (χ1n) is 10.6. The van der Waals surface area contributed by atoms with Crippen molar-refractivity contribution in [1.29, 1.82) is 0 Å². The number of H-pyrrole nitrogens is 1. The van der Waals surface area contributed by atoms with Gasteiger partial charge >= 0.3 is 0 Å². The number of methoxy groups -OCH3 is 1. The van der Waals surface area contributed by atoms with E-state index in [1.165, 1.54) is 5.56 Å². The molecule has 5 nitrogen and oxygen atoms in total. The lowest BCUT2D eigenvalue weighted by Crippen LogP contribution is -2.26. The average molecular weight is 422 g/mol. The SMILES string of the molecule is COc1ccccc1-c1nc(C(=O)NCCc2ccccc2)cc2c1[nH]c1ccccc12. The van der Waals surface area contributed by atoms with Crippen LogP contribution in [0.1, 0.15) is 16.1 Å². The first kappa shape index (κ1) is 19.8. The molecule has 0 aliphatic rings. The molecule has 0 atom stereocenters. The number of aromatic nitrogens is 2. The zero-order chi connectivity index (χ0) is 21.9. The van der Waals surface area contributed by atoms with Gasteiger partial charge < -0.3 is 15.0 Å². The van der Waals surface area contributed by atoms with E-state index in [0.29, 0.717) is 23.7 Å². The van der Waals surface area contributed by atoms with Gasteiger partial charge in [0.2, 0.25) is 0 Å². The lowest BCUT2D eigenvalue weighted by atomic mass is 10.1. The van der Waals surface area contributed by atoms with Crippen molar-refractivity contribution in [2.75, 3.05) is 13.7 Å². The average Bonchev–Trinajstić information content (AvgIpc) is 3.23. The third kappa shape index (κ3) is 3.69. The summed E-state index contributed by atoms with van der Waals surface area (Å²) in [6.07, 6.45) is 0.765. The molecule has 0 aliphatic carbocycles. The van der Waals surface area contributed by atoms with Crippen LogP contribution in [0.15, 0.2) is 84.9 Å². The van der Waals surface area contributed by atoms with Crippen molar-refractivity contribution in [3.8, 4) is 17.0 Å². The molecule has 32 heavy (non-hydrogen) atoms. The molecule has 0 saturated carbocycles. The maximum Gasteiger partial charge on any atom is 0.269 e. The molecule has 5 aromatic rings. The lowest BCUT2D eigenvalue weighted by Gasteiger charge is -2.11. The molecule has 3 aromatic carbocycles. The Balaban J connectivity index is 1.57. The highest BCUT2D eigenvalue weighted by Gasteiger charge is 2.18. The minimum atomic E-state index is -0.190. The van der Waals surface area contributed by atoms with Gasteiger partial charge in [-0.3, -0.25) is 4.79 Å². The summed E-state index contributed by atoms with van der Waals surface area (Å²) >= 11 is 0. The van der Waals surface area contributed by atoms with E-state index >= 15 is 0 Å². The Morgan fingerprint density at radius 2 is 1.69 bits per heavy atom. The summed E-state index contributed by atoms with van der Waals surface area (Å²) < 4.78 is 5.58. The van der Waals surface area contributed by atoms with Crippen molar-refractivity contribution in [1.82, 2.24) is 15.3 Å². The third-order valence-corrected chi connectivity index (χ3v) is 5.63. The lowest BCUT2D eigenvalue weighted by molar-refractivity contribution is 0.0949. The molecule has 5 rings (SSSR count). The van der Waals surface area contributed by atoms with Crippen molar-refractivity contribution in [3.05, 3.63) is 96.2 Å². The summed E-state index contributed by atoms with van der Waals surface area (Å²) in [5.74, 6) is 0.519. The van der Waals surface area contributed by atoms with Crippen LogP contribution in [0.2, 0.25) is 0 Å². The molecule has 158 valence electrons. The molecule has 2 aromatic heterocycles. The van der Waals surface area contributed by atoms with Crippen LogP contribution in [-0.4, -0.2) is 29.5 Å². The van der Waals surface area contributed by atoms with Crippen molar-refractivity contribution >= 4 is 27.7 Å². The largest absolute Gasteiger partial charge is 0.496 e. The van der Waals surface area contributed by atoms with Gasteiger partial charge in [-0.1, -0.05) is 60.7 Å². The Kier molecular flexibility index (Phi) is 5.30. The maximum atomic E-state index is 13.1. The number of pyridine rings is 1. The molecule has 5 heteroatoms. The van der Waals surface area contributed by atoms with Gasteiger partial charge in [-0.25, -0.2) is 4.98 Å². The van der Waals surface area contributed by atoms with E-state index < -0.39 is 0 Å². The number of hydrogen-bond acceptors (Lipinski definition) is 3. The van der Waals surface area contributed by atoms with Crippen molar-refractivity contribution in [2.45, 2.75) is 6.42 Å². The molecule has 2 heterocycles. The summed E-state index contributed by atoms with van der Waals surface area (Å²) in [5, 5.41) is 5.03. The molecule has 1 amide bonds. The first-order chi connectivity index (χ1) is 15.7. The molecule has 0 saturated heterocycles. The second kappa shape index (κ2) is 8.55. The number of nitrogens with one attached hydrogen (secondary N) is 2. The minimum absolute atomic E-state index is 0.190. The number of carbonyl (C=O) groups excluding carboxylic acids is 1. The molecule has 0 unspecified atom stereocenters. The van der Waals surface area contributed by atoms with Crippen LogP contribution in [0, 0.1) is 0 Å². The van der Waals surface area contributed by atoms with E-state index in [1.54, 1.807) is 7.11 Å². The summed E-state index contributed by atoms with van der Waals surface area (Å²) in [7, 11) is 1.64. The molecule has 0 fully saturated rings. The van der Waals surface area contributed by atoms with Gasteiger partial charge in [0.05, 0.1) is 18.3 Å². The number of hydrogen-bond donors (Lipinski definition) is 2. The van der Waals surface area contributed by atoms with E-state index in [4.69, 9.17) is 9.72 Å². The zero-order valence-electron chi connectivity index (χ0n) is 17.8. The van der Waals surface area contributed by atoms with Crippen LogP contribution in [0.5, 0.6) is 5.75 Å². The van der Waals surface area contributed by atoms with Crippen molar-refractivity contribution < 1.29 is 9.53 Å². The van der Waals surface area contributed by atoms with Crippen LogP contribution in [0.3, 0.4) is 0 Å². The molecule has 0 bridgehead atoms. The van der Waals surface area contributed by atoms with Gasteiger partial charge in [0, 0.05) is 28.4 Å². The van der Waals surface area contributed by atoms with E-state index in [2.05, 4.69) is 28.5 Å². The topological polar surface area (TPSA) is 67.0 Å². The summed E-state index contributed by atoms with van der Waals surface area (Å²) in [6.45, 7) is 0.542. The van der Waals surface area contributed by atoms with Crippen LogP contribution in [0.25, 0.3) is 33.1 Å². The van der Waals surface area contributed by atoms with Gasteiger partial charge in [0.25, 0.3) is 5.91 Å². The minimum Gasteiger partial charge on any atom is -0.496 e. The molecule has 0 spiro atoms. The first-order valence-corrected chi connectivity index (χ1v) is 10.6. The van der Waals surface area contributed by atoms with E-state index in [1.807, 2.05) is 66.7 Å². The number of benzene rings is 3. The van der Waals surface area contributed by atoms with Gasteiger partial charge in [0.1, 0.15) is 11.4 Å². The Hall–Kier alpha value is -4.12. The van der Waals surface area contributed by atoms with E-state index in [0.717, 1.165) is 33.8 Å². The number of rotatable bonds is 6. The highest BCUT2D eigenvalue weighted by atomic mass is 16.5. The van der Waals surface area contributed by atoms with Crippen LogP contribution < -0.4 is 10.1 Å². The Morgan fingerprint density at radius 1 is 0.938 bits per heavy atom. The molecular weight excluding hydrogens is 398 g/mol. The summed E-state index contributed by atoms with van der Waals surface area (Å²) in [4.78, 5) is 21.3.